The fourth-order valence-corrected chi connectivity index (χ4v) is 2.79. The summed E-state index contributed by atoms with van der Waals surface area (Å²) in [5.41, 5.74) is 4.18. The molecule has 2 heterocycles. The Bertz CT molecular complexity index is 730. The predicted molar refractivity (Wildman–Crippen MR) is 76.6 cm³/mol. The summed E-state index contributed by atoms with van der Waals surface area (Å²) < 4.78 is 27.0. The van der Waals surface area contributed by atoms with Gasteiger partial charge in [-0.05, 0) is 32.0 Å². The number of hydrogen-bond donors (Lipinski definition) is 3. The van der Waals surface area contributed by atoms with Crippen LogP contribution in [0.2, 0.25) is 0 Å². The lowest BCUT2D eigenvalue weighted by Gasteiger charge is -2.11. The number of anilines is 2. The van der Waals surface area contributed by atoms with Gasteiger partial charge in [0.15, 0.2) is 0 Å². The maximum Gasteiger partial charge on any atom is 0.262 e. The van der Waals surface area contributed by atoms with E-state index in [1.165, 1.54) is 18.3 Å². The number of aryl methyl sites for hydroxylation is 2. The highest BCUT2D eigenvalue weighted by Crippen LogP contribution is 2.19. The van der Waals surface area contributed by atoms with Crippen molar-refractivity contribution in [1.82, 2.24) is 9.97 Å². The normalized spacial score (nSPS) is 11.2. The van der Waals surface area contributed by atoms with E-state index in [4.69, 9.17) is 5.84 Å². The van der Waals surface area contributed by atoms with Crippen molar-refractivity contribution in [2.45, 2.75) is 18.7 Å². The first-order chi connectivity index (χ1) is 9.42. The summed E-state index contributed by atoms with van der Waals surface area (Å²) in [4.78, 5) is 8.15. The van der Waals surface area contributed by atoms with Crippen LogP contribution in [0.3, 0.4) is 0 Å². The smallest absolute Gasteiger partial charge is 0.262 e. The van der Waals surface area contributed by atoms with Gasteiger partial charge >= 0.3 is 0 Å². The first-order valence-electron chi connectivity index (χ1n) is 5.82. The summed E-state index contributed by atoms with van der Waals surface area (Å²) in [5.74, 6) is 5.49. The van der Waals surface area contributed by atoms with Crippen molar-refractivity contribution in [3.8, 4) is 0 Å². The molecule has 106 valence electrons. The molecule has 2 aromatic heterocycles. The molecule has 0 aliphatic carbocycles. The molecule has 2 rings (SSSR count). The maximum atomic E-state index is 12.3. The molecule has 7 nitrogen and oxygen atoms in total. The molecule has 4 N–H and O–H groups in total. The minimum absolute atomic E-state index is 0.0698. The fourth-order valence-electron chi connectivity index (χ4n) is 1.66. The molecule has 0 bridgehead atoms. The molecule has 0 aliphatic rings. The van der Waals surface area contributed by atoms with Crippen molar-refractivity contribution >= 4 is 21.5 Å². The van der Waals surface area contributed by atoms with E-state index in [1.54, 1.807) is 19.1 Å². The second kappa shape index (κ2) is 5.43. The highest BCUT2D eigenvalue weighted by atomic mass is 32.2. The monoisotopic (exact) mass is 293 g/mol. The van der Waals surface area contributed by atoms with Crippen LogP contribution in [0.4, 0.5) is 11.5 Å². The number of rotatable bonds is 4. The van der Waals surface area contributed by atoms with Crippen LogP contribution in [0.5, 0.6) is 0 Å². The lowest BCUT2D eigenvalue weighted by atomic mass is 10.3. The first kappa shape index (κ1) is 14.2. The van der Waals surface area contributed by atoms with Crippen molar-refractivity contribution in [2.24, 2.45) is 5.84 Å². The largest absolute Gasteiger partial charge is 0.308 e. The second-order valence-electron chi connectivity index (χ2n) is 4.21. The van der Waals surface area contributed by atoms with Crippen LogP contribution in [0.1, 0.15) is 11.4 Å². The van der Waals surface area contributed by atoms with E-state index in [-0.39, 0.29) is 10.7 Å². The number of nitrogen functional groups attached to an aromatic ring is 1. The average Bonchev–Trinajstić information content (AvgIpc) is 2.42. The van der Waals surface area contributed by atoms with Gasteiger partial charge in [-0.2, -0.15) is 0 Å². The first-order valence-corrected chi connectivity index (χ1v) is 7.30. The second-order valence-corrected chi connectivity index (χ2v) is 5.89. The Balaban J connectivity index is 2.35. The summed E-state index contributed by atoms with van der Waals surface area (Å²) in [6, 6.07) is 6.15. The number of hydrazine groups is 1. The van der Waals surface area contributed by atoms with Crippen LogP contribution in [-0.2, 0) is 10.0 Å². The highest BCUT2D eigenvalue weighted by molar-refractivity contribution is 7.92. The third kappa shape index (κ3) is 3.03. The Morgan fingerprint density at radius 2 is 1.95 bits per heavy atom. The lowest BCUT2D eigenvalue weighted by Crippen LogP contribution is -2.15. The number of nitrogens with zero attached hydrogens (tertiary/aromatic N) is 2. The number of hydrogen-bond acceptors (Lipinski definition) is 6. The quantitative estimate of drug-likeness (QED) is 0.577. The van der Waals surface area contributed by atoms with Crippen molar-refractivity contribution < 1.29 is 8.42 Å². The van der Waals surface area contributed by atoms with Crippen LogP contribution in [0.25, 0.3) is 0 Å². The molecule has 0 aromatic carbocycles. The van der Waals surface area contributed by atoms with Crippen LogP contribution in [-0.4, -0.2) is 18.4 Å². The molecular formula is C12H15N5O2S. The molecule has 0 unspecified atom stereocenters. The van der Waals surface area contributed by atoms with E-state index in [0.717, 1.165) is 5.69 Å². The van der Waals surface area contributed by atoms with Crippen LogP contribution >= 0.6 is 0 Å². The summed E-state index contributed by atoms with van der Waals surface area (Å²) in [6.45, 7) is 3.58. The summed E-state index contributed by atoms with van der Waals surface area (Å²) in [6.07, 6.45) is 1.37. The minimum Gasteiger partial charge on any atom is -0.308 e. The van der Waals surface area contributed by atoms with Gasteiger partial charge in [-0.25, -0.2) is 19.2 Å². The molecule has 0 saturated heterocycles. The summed E-state index contributed by atoms with van der Waals surface area (Å²) >= 11 is 0. The number of nitrogens with one attached hydrogen (secondary N) is 2. The van der Waals surface area contributed by atoms with Crippen molar-refractivity contribution in [1.29, 1.82) is 0 Å². The zero-order valence-corrected chi connectivity index (χ0v) is 11.9. The number of nitrogens with two attached hydrogens (primary N) is 1. The lowest BCUT2D eigenvalue weighted by molar-refractivity contribution is 0.601. The molecule has 8 heteroatoms. The van der Waals surface area contributed by atoms with E-state index < -0.39 is 10.0 Å². The average molecular weight is 293 g/mol. The van der Waals surface area contributed by atoms with E-state index in [9.17, 15) is 8.42 Å². The molecule has 0 radical (unpaired) electrons. The van der Waals surface area contributed by atoms with Crippen molar-refractivity contribution in [3.05, 3.63) is 41.9 Å². The molecule has 0 aliphatic heterocycles. The maximum absolute atomic E-state index is 12.3. The van der Waals surface area contributed by atoms with Gasteiger partial charge < -0.3 is 5.43 Å². The number of aromatic nitrogens is 2. The van der Waals surface area contributed by atoms with E-state index in [0.29, 0.717) is 11.4 Å². The molecule has 0 atom stereocenters. The molecule has 0 fully saturated rings. The minimum atomic E-state index is -3.71. The fraction of sp³-hybridized carbons (Fsp3) is 0.167. The van der Waals surface area contributed by atoms with Gasteiger partial charge in [0.1, 0.15) is 5.82 Å². The third-order valence-electron chi connectivity index (χ3n) is 2.66. The molecule has 20 heavy (non-hydrogen) atoms. The molecule has 0 saturated carbocycles. The predicted octanol–water partition coefficient (Wildman–Crippen LogP) is 1.18. The molecule has 2 aromatic rings. The SMILES string of the molecule is Cc1ccc(NS(=O)(=O)c2ccnc(NN)c2)c(C)n1. The van der Waals surface area contributed by atoms with Crippen LogP contribution in [0.15, 0.2) is 35.4 Å². The Hall–Kier alpha value is -2.19. The topological polar surface area (TPSA) is 110 Å². The van der Waals surface area contributed by atoms with Crippen molar-refractivity contribution in [3.63, 3.8) is 0 Å². The molecule has 0 spiro atoms. The van der Waals surface area contributed by atoms with Crippen LogP contribution < -0.4 is 16.0 Å². The number of sulfonamides is 1. The Kier molecular flexibility index (Phi) is 3.86. The third-order valence-corrected chi connectivity index (χ3v) is 4.02. The summed E-state index contributed by atoms with van der Waals surface area (Å²) in [7, 11) is -3.71. The van der Waals surface area contributed by atoms with Crippen molar-refractivity contribution in [2.75, 3.05) is 10.1 Å². The van der Waals surface area contributed by atoms with Crippen LogP contribution in [0, 0.1) is 13.8 Å². The standard InChI is InChI=1S/C12H15N5O2S/c1-8-3-4-11(9(2)15-8)17-20(18,19)10-5-6-14-12(7-10)16-13/h3-7,17H,13H2,1-2H3,(H,14,16). The highest BCUT2D eigenvalue weighted by Gasteiger charge is 2.16. The molecular weight excluding hydrogens is 278 g/mol. The van der Waals surface area contributed by atoms with Gasteiger partial charge in [0.25, 0.3) is 10.0 Å². The van der Waals surface area contributed by atoms with Gasteiger partial charge in [0.05, 0.1) is 16.3 Å². The van der Waals surface area contributed by atoms with Gasteiger partial charge in [0.2, 0.25) is 0 Å². The molecule has 0 amide bonds. The van der Waals surface area contributed by atoms with Gasteiger partial charge in [-0.3, -0.25) is 9.71 Å². The Labute approximate surface area is 117 Å². The van der Waals surface area contributed by atoms with Gasteiger partial charge in [0, 0.05) is 18.0 Å². The Morgan fingerprint density at radius 3 is 2.60 bits per heavy atom. The zero-order valence-electron chi connectivity index (χ0n) is 11.1. The zero-order chi connectivity index (χ0) is 14.8. The van der Waals surface area contributed by atoms with Gasteiger partial charge in [-0.15, -0.1) is 0 Å². The van der Waals surface area contributed by atoms with E-state index in [1.807, 2.05) is 6.92 Å². The summed E-state index contributed by atoms with van der Waals surface area (Å²) in [5, 5.41) is 0. The number of pyridine rings is 2. The van der Waals surface area contributed by atoms with E-state index >= 15 is 0 Å². The van der Waals surface area contributed by atoms with E-state index in [2.05, 4.69) is 20.1 Å². The van der Waals surface area contributed by atoms with Gasteiger partial charge in [-0.1, -0.05) is 0 Å². The Morgan fingerprint density at radius 1 is 1.20 bits per heavy atom.